The number of unbranched alkanes of at least 4 members (excludes halogenated alkanes) is 1. The Balaban J connectivity index is 2.54. The molecule has 0 saturated carbocycles. The van der Waals surface area contributed by atoms with Gasteiger partial charge in [0.2, 0.25) is 0 Å². The van der Waals surface area contributed by atoms with Crippen LogP contribution in [0.15, 0.2) is 24.3 Å². The number of benzene rings is 1. The van der Waals surface area contributed by atoms with E-state index in [2.05, 4.69) is 12.2 Å². The van der Waals surface area contributed by atoms with Crippen LogP contribution in [0.4, 0.5) is 10.5 Å². The van der Waals surface area contributed by atoms with Crippen molar-refractivity contribution in [2.75, 3.05) is 12.4 Å². The average Bonchev–Trinajstić information content (AvgIpc) is 2.28. The van der Waals surface area contributed by atoms with Crippen molar-refractivity contribution in [3.63, 3.8) is 0 Å². The van der Waals surface area contributed by atoms with Crippen LogP contribution in [0.25, 0.3) is 0 Å². The first-order valence-electron chi connectivity index (χ1n) is 5.46. The van der Waals surface area contributed by atoms with Gasteiger partial charge in [0.25, 0.3) is 0 Å². The second kappa shape index (κ2) is 6.12. The molecule has 0 heterocycles. The third kappa shape index (κ3) is 3.90. The highest BCUT2D eigenvalue weighted by atomic mass is 16.5. The summed E-state index contributed by atoms with van der Waals surface area (Å²) in [6.45, 7) is 2.16. The molecule has 0 spiro atoms. The van der Waals surface area contributed by atoms with Crippen LogP contribution in [0.2, 0.25) is 0 Å². The molecule has 0 bridgehead atoms. The number of carbonyl (C=O) groups excluding carboxylic acids is 1. The van der Waals surface area contributed by atoms with E-state index in [9.17, 15) is 4.79 Å². The van der Waals surface area contributed by atoms with Gasteiger partial charge in [-0.3, -0.25) is 5.21 Å². The average molecular weight is 222 g/mol. The van der Waals surface area contributed by atoms with Crippen LogP contribution in [0.3, 0.4) is 0 Å². The maximum atomic E-state index is 11.1. The first kappa shape index (κ1) is 12.5. The SMILES string of the molecule is CCCCc1ccc(NC(=O)N(C)O)cc1. The molecule has 1 aromatic rings. The molecule has 88 valence electrons. The fourth-order valence-corrected chi connectivity index (χ4v) is 1.34. The van der Waals surface area contributed by atoms with E-state index in [-0.39, 0.29) is 0 Å². The molecule has 0 aromatic heterocycles. The van der Waals surface area contributed by atoms with Crippen molar-refractivity contribution in [2.24, 2.45) is 0 Å². The van der Waals surface area contributed by atoms with Crippen molar-refractivity contribution in [3.8, 4) is 0 Å². The minimum Gasteiger partial charge on any atom is -0.306 e. The lowest BCUT2D eigenvalue weighted by Crippen LogP contribution is -2.27. The summed E-state index contributed by atoms with van der Waals surface area (Å²) in [5, 5.41) is 12.0. The van der Waals surface area contributed by atoms with Gasteiger partial charge in [-0.15, -0.1) is 0 Å². The zero-order valence-corrected chi connectivity index (χ0v) is 9.73. The predicted octanol–water partition coefficient (Wildman–Crippen LogP) is 2.88. The Labute approximate surface area is 95.8 Å². The number of hydroxylamine groups is 2. The minimum absolute atomic E-state index is 0.519. The van der Waals surface area contributed by atoms with Crippen molar-refractivity contribution in [3.05, 3.63) is 29.8 Å². The number of nitrogens with zero attached hydrogens (tertiary/aromatic N) is 1. The Hall–Kier alpha value is -1.55. The van der Waals surface area contributed by atoms with Gasteiger partial charge in [-0.05, 0) is 30.5 Å². The topological polar surface area (TPSA) is 52.6 Å². The van der Waals surface area contributed by atoms with Gasteiger partial charge in [0.15, 0.2) is 0 Å². The van der Waals surface area contributed by atoms with E-state index in [0.717, 1.165) is 6.42 Å². The molecule has 0 atom stereocenters. The van der Waals surface area contributed by atoms with Crippen molar-refractivity contribution >= 4 is 11.7 Å². The molecular weight excluding hydrogens is 204 g/mol. The summed E-state index contributed by atoms with van der Waals surface area (Å²) < 4.78 is 0. The molecule has 4 nitrogen and oxygen atoms in total. The largest absolute Gasteiger partial charge is 0.345 e. The fourth-order valence-electron chi connectivity index (χ4n) is 1.34. The van der Waals surface area contributed by atoms with Crippen molar-refractivity contribution in [1.82, 2.24) is 5.06 Å². The molecule has 0 aliphatic rings. The van der Waals surface area contributed by atoms with Gasteiger partial charge in [0.05, 0.1) is 0 Å². The van der Waals surface area contributed by atoms with Gasteiger partial charge < -0.3 is 5.32 Å². The summed E-state index contributed by atoms with van der Waals surface area (Å²) in [7, 11) is 1.28. The summed E-state index contributed by atoms with van der Waals surface area (Å²) >= 11 is 0. The zero-order valence-electron chi connectivity index (χ0n) is 9.73. The molecule has 16 heavy (non-hydrogen) atoms. The summed E-state index contributed by atoms with van der Waals surface area (Å²) in [5.74, 6) is 0. The van der Waals surface area contributed by atoms with E-state index in [1.54, 1.807) is 0 Å². The van der Waals surface area contributed by atoms with Gasteiger partial charge in [-0.2, -0.15) is 0 Å². The second-order valence-electron chi connectivity index (χ2n) is 3.75. The third-order valence-corrected chi connectivity index (χ3v) is 2.32. The fraction of sp³-hybridized carbons (Fsp3) is 0.417. The molecule has 1 aromatic carbocycles. The highest BCUT2D eigenvalue weighted by Crippen LogP contribution is 2.11. The number of nitrogens with one attached hydrogen (secondary N) is 1. The lowest BCUT2D eigenvalue weighted by atomic mass is 10.1. The maximum Gasteiger partial charge on any atom is 0.345 e. The summed E-state index contributed by atoms with van der Waals surface area (Å²) in [6, 6.07) is 7.12. The van der Waals surface area contributed by atoms with Crippen LogP contribution < -0.4 is 5.32 Å². The highest BCUT2D eigenvalue weighted by molar-refractivity contribution is 5.88. The molecule has 2 amide bonds. The van der Waals surface area contributed by atoms with E-state index < -0.39 is 6.03 Å². The van der Waals surface area contributed by atoms with E-state index >= 15 is 0 Å². The first-order valence-corrected chi connectivity index (χ1v) is 5.46. The van der Waals surface area contributed by atoms with Crippen molar-refractivity contribution < 1.29 is 10.0 Å². The molecule has 4 heteroatoms. The lowest BCUT2D eigenvalue weighted by molar-refractivity contribution is -0.0118. The number of rotatable bonds is 4. The van der Waals surface area contributed by atoms with Gasteiger partial charge in [0.1, 0.15) is 0 Å². The van der Waals surface area contributed by atoms with E-state index in [0.29, 0.717) is 10.8 Å². The van der Waals surface area contributed by atoms with Gasteiger partial charge in [-0.1, -0.05) is 25.5 Å². The summed E-state index contributed by atoms with van der Waals surface area (Å²) in [4.78, 5) is 11.1. The standard InChI is InChI=1S/C12H18N2O2/c1-3-4-5-10-6-8-11(9-7-10)13-12(15)14(2)16/h6-9,16H,3-5H2,1-2H3,(H,13,15). The first-order chi connectivity index (χ1) is 7.63. The van der Waals surface area contributed by atoms with Crippen LogP contribution >= 0.6 is 0 Å². The molecule has 0 unspecified atom stereocenters. The van der Waals surface area contributed by atoms with Gasteiger partial charge in [0, 0.05) is 12.7 Å². The molecule has 0 aliphatic heterocycles. The van der Waals surface area contributed by atoms with Gasteiger partial charge in [-0.25, -0.2) is 9.86 Å². The van der Waals surface area contributed by atoms with Crippen molar-refractivity contribution in [2.45, 2.75) is 26.2 Å². The van der Waals surface area contributed by atoms with Gasteiger partial charge >= 0.3 is 6.03 Å². The Morgan fingerprint density at radius 2 is 2.00 bits per heavy atom. The number of hydrogen-bond donors (Lipinski definition) is 2. The van der Waals surface area contributed by atoms with Crippen molar-refractivity contribution in [1.29, 1.82) is 0 Å². The van der Waals surface area contributed by atoms with E-state index in [4.69, 9.17) is 5.21 Å². The quantitative estimate of drug-likeness (QED) is 0.608. The number of hydrogen-bond acceptors (Lipinski definition) is 2. The molecule has 0 aliphatic carbocycles. The Kier molecular flexibility index (Phi) is 4.79. The van der Waals surface area contributed by atoms with Crippen LogP contribution in [-0.4, -0.2) is 23.3 Å². The number of carbonyl (C=O) groups is 1. The number of urea groups is 1. The third-order valence-electron chi connectivity index (χ3n) is 2.32. The maximum absolute atomic E-state index is 11.1. The van der Waals surface area contributed by atoms with Crippen LogP contribution in [0, 0.1) is 0 Å². The highest BCUT2D eigenvalue weighted by Gasteiger charge is 2.04. The predicted molar refractivity (Wildman–Crippen MR) is 63.6 cm³/mol. The Morgan fingerprint density at radius 3 is 2.50 bits per heavy atom. The second-order valence-corrected chi connectivity index (χ2v) is 3.75. The lowest BCUT2D eigenvalue weighted by Gasteiger charge is -2.10. The molecule has 0 radical (unpaired) electrons. The molecular formula is C12H18N2O2. The smallest absolute Gasteiger partial charge is 0.306 e. The summed E-state index contributed by atoms with van der Waals surface area (Å²) in [5.41, 5.74) is 1.95. The number of amides is 2. The Bertz CT molecular complexity index is 333. The van der Waals surface area contributed by atoms with E-state index in [1.807, 2.05) is 24.3 Å². The molecule has 0 saturated heterocycles. The normalized spacial score (nSPS) is 9.94. The monoisotopic (exact) mass is 222 g/mol. The van der Waals surface area contributed by atoms with Crippen LogP contribution in [-0.2, 0) is 6.42 Å². The Morgan fingerprint density at radius 1 is 1.38 bits per heavy atom. The summed E-state index contributed by atoms with van der Waals surface area (Å²) in [6.07, 6.45) is 3.41. The molecule has 2 N–H and O–H groups in total. The molecule has 1 rings (SSSR count). The van der Waals surface area contributed by atoms with Crippen LogP contribution in [0.5, 0.6) is 0 Å². The van der Waals surface area contributed by atoms with E-state index in [1.165, 1.54) is 25.5 Å². The number of aryl methyl sites for hydroxylation is 1. The minimum atomic E-state index is -0.540. The zero-order chi connectivity index (χ0) is 12.0. The number of anilines is 1. The van der Waals surface area contributed by atoms with Crippen LogP contribution in [0.1, 0.15) is 25.3 Å². The molecule has 0 fully saturated rings.